The monoisotopic (exact) mass is 536 g/mol. The van der Waals surface area contributed by atoms with Crippen LogP contribution in [0.1, 0.15) is 20.7 Å². The topological polar surface area (TPSA) is 78.9 Å². The van der Waals surface area contributed by atoms with E-state index < -0.39 is 18.2 Å². The number of benzene rings is 3. The minimum absolute atomic E-state index is 0.00312. The lowest BCUT2D eigenvalue weighted by Crippen LogP contribution is -2.24. The van der Waals surface area contributed by atoms with Crippen LogP contribution in [0.4, 0.5) is 0 Å². The summed E-state index contributed by atoms with van der Waals surface area (Å²) in [6.45, 7) is 0. The van der Waals surface area contributed by atoms with Gasteiger partial charge >= 0.3 is 0 Å². The van der Waals surface area contributed by atoms with Crippen LogP contribution in [0.3, 0.4) is 0 Å². The van der Waals surface area contributed by atoms with Gasteiger partial charge < -0.3 is 18.8 Å². The Bertz CT molecular complexity index is 1230. The molecule has 0 spiro atoms. The quantitative estimate of drug-likeness (QED) is 0.338. The molecule has 0 amide bonds. The molecule has 32 heavy (non-hydrogen) atoms. The van der Waals surface area contributed by atoms with Gasteiger partial charge in [-0.25, -0.2) is 0 Å². The van der Waals surface area contributed by atoms with Crippen molar-refractivity contribution in [1.82, 2.24) is 0 Å². The molecule has 3 aromatic carbocycles. The van der Waals surface area contributed by atoms with E-state index in [1.807, 2.05) is 0 Å². The summed E-state index contributed by atoms with van der Waals surface area (Å²) in [7, 11) is -0.569. The van der Waals surface area contributed by atoms with Crippen LogP contribution in [0.2, 0.25) is 5.02 Å². The maximum atomic E-state index is 14.8. The summed E-state index contributed by atoms with van der Waals surface area (Å²) in [5.41, 5.74) is -1.92. The van der Waals surface area contributed by atoms with E-state index >= 15 is 0 Å². The van der Waals surface area contributed by atoms with E-state index in [2.05, 4.69) is 15.9 Å². The first-order valence-electron chi connectivity index (χ1n) is 9.29. The van der Waals surface area contributed by atoms with Crippen molar-refractivity contribution in [1.29, 1.82) is 0 Å². The lowest BCUT2D eigenvalue weighted by molar-refractivity contribution is 0.103. The predicted octanol–water partition coefficient (Wildman–Crippen LogP) is 5.80. The number of carbonyl (C=O) groups is 2. The van der Waals surface area contributed by atoms with Crippen LogP contribution in [0.15, 0.2) is 65.1 Å². The zero-order chi connectivity index (χ0) is 23.5. The van der Waals surface area contributed by atoms with Crippen LogP contribution in [-0.4, -0.2) is 32.4 Å². The molecule has 0 saturated carbocycles. The number of halogens is 2. The molecule has 0 fully saturated rings. The van der Waals surface area contributed by atoms with Gasteiger partial charge in [-0.2, -0.15) is 0 Å². The van der Waals surface area contributed by atoms with Crippen molar-refractivity contribution in [2.45, 2.75) is 0 Å². The van der Waals surface area contributed by atoms with Gasteiger partial charge in [0.2, 0.25) is 11.0 Å². The molecule has 1 atom stereocenters. The fourth-order valence-electron chi connectivity index (χ4n) is 3.28. The van der Waals surface area contributed by atoms with Gasteiger partial charge in [0.1, 0.15) is 22.6 Å². The molecule has 0 saturated heterocycles. The summed E-state index contributed by atoms with van der Waals surface area (Å²) >= 11 is 9.66. The molecule has 0 N–H and O–H groups in total. The molecule has 3 aromatic rings. The van der Waals surface area contributed by atoms with Crippen LogP contribution in [0, 0.1) is 0 Å². The number of ether oxygens (including phenoxy) is 3. The lowest BCUT2D eigenvalue weighted by atomic mass is 10.2. The summed E-state index contributed by atoms with van der Waals surface area (Å²) in [6, 6.07) is 15.6. The van der Waals surface area contributed by atoms with Crippen molar-refractivity contribution in [3.63, 3.8) is 0 Å². The van der Waals surface area contributed by atoms with E-state index in [9.17, 15) is 14.2 Å². The average Bonchev–Trinajstić information content (AvgIpc) is 2.82. The first-order chi connectivity index (χ1) is 15.3. The molecule has 0 aliphatic heterocycles. The van der Waals surface area contributed by atoms with Crippen LogP contribution in [-0.2, 0) is 4.57 Å². The number of carbonyl (C=O) groups excluding carboxylic acids is 2. The van der Waals surface area contributed by atoms with E-state index in [4.69, 9.17) is 25.8 Å². The van der Waals surface area contributed by atoms with Gasteiger partial charge in [-0.05, 0) is 40.2 Å². The first-order valence-corrected chi connectivity index (χ1v) is 12.2. The Morgan fingerprint density at radius 1 is 0.812 bits per heavy atom. The van der Waals surface area contributed by atoms with Gasteiger partial charge in [-0.1, -0.05) is 48.0 Å². The largest absolute Gasteiger partial charge is 0.496 e. The number of methoxy groups -OCH3 is 3. The van der Waals surface area contributed by atoms with E-state index in [1.165, 1.54) is 51.7 Å². The number of rotatable bonds is 8. The van der Waals surface area contributed by atoms with Gasteiger partial charge in [-0.15, -0.1) is 0 Å². The summed E-state index contributed by atoms with van der Waals surface area (Å²) in [6.07, 6.45) is 0. The average molecular weight is 538 g/mol. The zero-order valence-corrected chi connectivity index (χ0v) is 20.7. The Balaban J connectivity index is 2.44. The smallest absolute Gasteiger partial charge is 0.256 e. The fourth-order valence-corrected chi connectivity index (χ4v) is 6.87. The number of hydrogen-bond acceptors (Lipinski definition) is 6. The molecule has 3 rings (SSSR count). The molecule has 0 aliphatic carbocycles. The highest BCUT2D eigenvalue weighted by Crippen LogP contribution is 2.57. The number of hydrogen-bond donors (Lipinski definition) is 0. The molecule has 0 bridgehead atoms. The Kier molecular flexibility index (Phi) is 7.44. The second kappa shape index (κ2) is 9.90. The molecule has 1 unspecified atom stereocenters. The van der Waals surface area contributed by atoms with Crippen LogP contribution >= 0.6 is 34.7 Å². The maximum absolute atomic E-state index is 14.8. The highest BCUT2D eigenvalue weighted by molar-refractivity contribution is 9.10. The summed E-state index contributed by atoms with van der Waals surface area (Å²) < 4.78 is 31.3. The van der Waals surface area contributed by atoms with Crippen LogP contribution < -0.4 is 19.5 Å². The van der Waals surface area contributed by atoms with Crippen molar-refractivity contribution in [3.8, 4) is 17.2 Å². The normalized spacial score (nSPS) is 12.5. The molecule has 0 aromatic heterocycles. The molecule has 9 heteroatoms. The Morgan fingerprint density at radius 2 is 1.47 bits per heavy atom. The van der Waals surface area contributed by atoms with Crippen molar-refractivity contribution >= 4 is 51.0 Å². The standard InChI is InChI=1S/C23H19BrClO6P/c1-29-17-11-7-10-16(25)19(17)23(27)32(28,22(26)14-8-5-4-6-9-14)21-18(30-2)13-12-15(24)20(21)31-3/h4-13H,1-3H3. The van der Waals surface area contributed by atoms with E-state index in [1.54, 1.807) is 30.3 Å². The Hall–Kier alpha value is -2.60. The Labute approximate surface area is 198 Å². The maximum Gasteiger partial charge on any atom is 0.256 e. The van der Waals surface area contributed by atoms with Crippen molar-refractivity contribution in [2.75, 3.05) is 21.3 Å². The second-order valence-corrected chi connectivity index (χ2v) is 10.3. The highest BCUT2D eigenvalue weighted by Gasteiger charge is 2.48. The molecule has 0 radical (unpaired) electrons. The highest BCUT2D eigenvalue weighted by atomic mass is 79.9. The second-order valence-electron chi connectivity index (χ2n) is 6.53. The van der Waals surface area contributed by atoms with E-state index in [0.717, 1.165) is 0 Å². The van der Waals surface area contributed by atoms with Crippen LogP contribution in [0.25, 0.3) is 0 Å². The predicted molar refractivity (Wildman–Crippen MR) is 128 cm³/mol. The van der Waals surface area contributed by atoms with Gasteiger partial charge in [0.05, 0.1) is 36.4 Å². The summed E-state index contributed by atoms with van der Waals surface area (Å²) in [5, 5.41) is -0.152. The molecular formula is C23H19BrClO6P. The van der Waals surface area contributed by atoms with Crippen molar-refractivity contribution in [2.24, 2.45) is 0 Å². The lowest BCUT2D eigenvalue weighted by Gasteiger charge is -2.23. The minimum Gasteiger partial charge on any atom is -0.496 e. The van der Waals surface area contributed by atoms with Gasteiger partial charge in [-0.3, -0.25) is 9.59 Å². The first kappa shape index (κ1) is 24.1. The molecule has 6 nitrogen and oxygen atoms in total. The third-order valence-electron chi connectivity index (χ3n) is 4.79. The van der Waals surface area contributed by atoms with Crippen LogP contribution in [0.5, 0.6) is 17.2 Å². The third kappa shape index (κ3) is 4.08. The third-order valence-corrected chi connectivity index (χ3v) is 8.41. The molecular weight excluding hydrogens is 519 g/mol. The fraction of sp³-hybridized carbons (Fsp3) is 0.130. The van der Waals surface area contributed by atoms with E-state index in [0.29, 0.717) is 4.47 Å². The Morgan fingerprint density at radius 3 is 2.06 bits per heavy atom. The van der Waals surface area contributed by atoms with Gasteiger partial charge in [0.25, 0.3) is 7.14 Å². The summed E-state index contributed by atoms with van der Waals surface area (Å²) in [4.78, 5) is 27.7. The van der Waals surface area contributed by atoms with Gasteiger partial charge in [0, 0.05) is 5.56 Å². The van der Waals surface area contributed by atoms with Crippen molar-refractivity contribution in [3.05, 3.63) is 81.3 Å². The minimum atomic E-state index is -4.62. The van der Waals surface area contributed by atoms with Gasteiger partial charge in [0.15, 0.2) is 0 Å². The molecule has 166 valence electrons. The summed E-state index contributed by atoms with van der Waals surface area (Å²) in [5.74, 6) is 0.213. The van der Waals surface area contributed by atoms with Crippen molar-refractivity contribution < 1.29 is 28.4 Å². The molecule has 0 heterocycles. The SMILES string of the molecule is COc1cccc(Cl)c1C(=O)P(=O)(C(=O)c1ccccc1)c1c(OC)ccc(Br)c1OC. The molecule has 0 aliphatic rings. The van der Waals surface area contributed by atoms with E-state index in [-0.39, 0.29) is 38.7 Å². The zero-order valence-electron chi connectivity index (χ0n) is 17.4.